The second-order valence-electron chi connectivity index (χ2n) is 7.49. The first-order valence-electron chi connectivity index (χ1n) is 8.78. The quantitative estimate of drug-likeness (QED) is 0.710. The minimum Gasteiger partial charge on any atom is -0.390 e. The van der Waals surface area contributed by atoms with E-state index < -0.39 is 0 Å². The lowest BCUT2D eigenvalue weighted by Crippen LogP contribution is -2.29. The molecule has 1 aromatic heterocycles. The number of rotatable bonds is 4. The molecule has 5 heteroatoms. The molecule has 1 aliphatic carbocycles. The summed E-state index contributed by atoms with van der Waals surface area (Å²) < 4.78 is 0. The highest BCUT2D eigenvalue weighted by molar-refractivity contribution is 7.16. The van der Waals surface area contributed by atoms with Crippen molar-refractivity contribution in [2.24, 2.45) is 11.3 Å². The fourth-order valence-corrected chi connectivity index (χ4v) is 4.96. The Morgan fingerprint density at radius 1 is 1.44 bits per heavy atom. The number of hydrogen-bond donors (Lipinski definition) is 2. The molecule has 0 unspecified atom stereocenters. The summed E-state index contributed by atoms with van der Waals surface area (Å²) in [5.41, 5.74) is 9.04. The first kappa shape index (κ1) is 18.3. The number of thiophene rings is 1. The topological polar surface area (TPSA) is 55.1 Å². The highest BCUT2D eigenvalue weighted by Crippen LogP contribution is 2.44. The van der Waals surface area contributed by atoms with Crippen molar-refractivity contribution in [2.75, 3.05) is 11.1 Å². The Morgan fingerprint density at radius 3 is 2.88 bits per heavy atom. The van der Waals surface area contributed by atoms with E-state index in [1.54, 1.807) is 23.5 Å². The molecule has 1 aromatic carbocycles. The fourth-order valence-electron chi connectivity index (χ4n) is 3.57. The van der Waals surface area contributed by atoms with Crippen LogP contribution < -0.4 is 11.1 Å². The zero-order valence-electron chi connectivity index (χ0n) is 15.0. The average Bonchev–Trinajstić information content (AvgIpc) is 2.89. The van der Waals surface area contributed by atoms with Gasteiger partial charge in [0.25, 0.3) is 5.91 Å². The number of hydrogen-bond acceptors (Lipinski definition) is 3. The molecule has 25 heavy (non-hydrogen) atoms. The summed E-state index contributed by atoms with van der Waals surface area (Å²) >= 11 is 7.58. The van der Waals surface area contributed by atoms with Crippen molar-refractivity contribution >= 4 is 39.5 Å². The summed E-state index contributed by atoms with van der Waals surface area (Å²) in [6.45, 7) is 6.93. The van der Waals surface area contributed by atoms with Crippen LogP contribution >= 0.6 is 22.9 Å². The Balaban J connectivity index is 1.84. The number of benzene rings is 1. The molecule has 3 N–H and O–H groups in total. The van der Waals surface area contributed by atoms with E-state index in [1.165, 1.54) is 4.88 Å². The van der Waals surface area contributed by atoms with Crippen molar-refractivity contribution in [3.63, 3.8) is 0 Å². The molecule has 1 heterocycles. The van der Waals surface area contributed by atoms with Crippen LogP contribution in [0, 0.1) is 11.3 Å². The van der Waals surface area contributed by atoms with Crippen LogP contribution in [0.25, 0.3) is 0 Å². The van der Waals surface area contributed by atoms with Gasteiger partial charge in [-0.15, -0.1) is 11.3 Å². The van der Waals surface area contributed by atoms with Gasteiger partial charge < -0.3 is 11.1 Å². The number of fused-ring (bicyclic) bond motifs is 1. The number of nitrogens with one attached hydrogen (secondary N) is 1. The molecule has 1 atom stereocenters. The molecule has 0 spiro atoms. The van der Waals surface area contributed by atoms with Gasteiger partial charge >= 0.3 is 0 Å². The van der Waals surface area contributed by atoms with E-state index >= 15 is 0 Å². The van der Waals surface area contributed by atoms with Crippen molar-refractivity contribution in [1.29, 1.82) is 0 Å². The summed E-state index contributed by atoms with van der Waals surface area (Å²) in [5.74, 6) is 0.511. The number of carbonyl (C=O) groups excluding carboxylic acids is 1. The van der Waals surface area contributed by atoms with Gasteiger partial charge in [-0.3, -0.25) is 4.79 Å². The van der Waals surface area contributed by atoms with Gasteiger partial charge in [0.05, 0.1) is 10.6 Å². The molecule has 1 amide bonds. The largest absolute Gasteiger partial charge is 0.390 e. The van der Waals surface area contributed by atoms with E-state index in [0.29, 0.717) is 32.6 Å². The van der Waals surface area contributed by atoms with Crippen molar-refractivity contribution in [1.82, 2.24) is 0 Å². The Morgan fingerprint density at radius 2 is 2.20 bits per heavy atom. The lowest BCUT2D eigenvalue weighted by molar-refractivity contribution is 0.102. The molecule has 0 bridgehead atoms. The maximum atomic E-state index is 12.8. The molecule has 0 radical (unpaired) electrons. The van der Waals surface area contributed by atoms with Crippen molar-refractivity contribution < 1.29 is 4.79 Å². The van der Waals surface area contributed by atoms with Crippen LogP contribution in [0.5, 0.6) is 0 Å². The minimum absolute atomic E-state index is 0.134. The van der Waals surface area contributed by atoms with Crippen LogP contribution in [-0.2, 0) is 12.8 Å². The van der Waals surface area contributed by atoms with E-state index in [2.05, 4.69) is 26.1 Å². The maximum Gasteiger partial charge on any atom is 0.258 e. The van der Waals surface area contributed by atoms with Gasteiger partial charge in [0.2, 0.25) is 0 Å². The third-order valence-electron chi connectivity index (χ3n) is 5.62. The lowest BCUT2D eigenvalue weighted by Gasteiger charge is -2.36. The molecule has 0 saturated carbocycles. The van der Waals surface area contributed by atoms with E-state index in [4.69, 9.17) is 17.3 Å². The van der Waals surface area contributed by atoms with E-state index in [0.717, 1.165) is 31.2 Å². The van der Waals surface area contributed by atoms with Gasteiger partial charge in [0.15, 0.2) is 0 Å². The normalized spacial score (nSPS) is 17.2. The molecule has 2 aromatic rings. The average molecular weight is 377 g/mol. The van der Waals surface area contributed by atoms with Crippen LogP contribution in [-0.4, -0.2) is 5.91 Å². The monoisotopic (exact) mass is 376 g/mol. The van der Waals surface area contributed by atoms with E-state index in [-0.39, 0.29) is 5.91 Å². The zero-order valence-corrected chi connectivity index (χ0v) is 16.6. The zero-order chi connectivity index (χ0) is 18.2. The van der Waals surface area contributed by atoms with Gasteiger partial charge in [-0.05, 0) is 54.4 Å². The molecule has 134 valence electrons. The van der Waals surface area contributed by atoms with Crippen LogP contribution in [0.1, 0.15) is 54.4 Å². The first-order chi connectivity index (χ1) is 11.8. The van der Waals surface area contributed by atoms with Gasteiger partial charge in [-0.25, -0.2) is 0 Å². The first-order valence-corrected chi connectivity index (χ1v) is 9.98. The Bertz CT molecular complexity index is 797. The Kier molecular flexibility index (Phi) is 5.12. The van der Waals surface area contributed by atoms with Crippen molar-refractivity contribution in [3.8, 4) is 0 Å². The summed E-state index contributed by atoms with van der Waals surface area (Å²) in [6.07, 6.45) is 4.22. The number of amides is 1. The SMILES string of the molecule is CCC(C)(C)[C@@H]1CCc2c(sc(N)c2C(=O)Nc2cccc(Cl)c2)C1. The number of anilines is 2. The number of nitrogens with two attached hydrogens (primary N) is 1. The second kappa shape index (κ2) is 7.00. The van der Waals surface area contributed by atoms with Crippen LogP contribution in [0.3, 0.4) is 0 Å². The highest BCUT2D eigenvalue weighted by atomic mass is 35.5. The lowest BCUT2D eigenvalue weighted by atomic mass is 9.69. The molecule has 0 saturated heterocycles. The van der Waals surface area contributed by atoms with Crippen LogP contribution in [0.2, 0.25) is 5.02 Å². The molecular weight excluding hydrogens is 352 g/mol. The van der Waals surface area contributed by atoms with Gasteiger partial charge in [-0.1, -0.05) is 44.9 Å². The van der Waals surface area contributed by atoms with Crippen LogP contribution in [0.4, 0.5) is 10.7 Å². The minimum atomic E-state index is -0.134. The molecule has 0 fully saturated rings. The number of nitrogen functional groups attached to an aromatic ring is 1. The predicted octanol–water partition coefficient (Wildman–Crippen LogP) is 5.78. The summed E-state index contributed by atoms with van der Waals surface area (Å²) in [7, 11) is 0. The Hall–Kier alpha value is -1.52. The molecule has 3 nitrogen and oxygen atoms in total. The molecule has 3 rings (SSSR count). The van der Waals surface area contributed by atoms with Gasteiger partial charge in [-0.2, -0.15) is 0 Å². The maximum absolute atomic E-state index is 12.8. The summed E-state index contributed by atoms with van der Waals surface area (Å²) in [4.78, 5) is 14.1. The second-order valence-corrected chi connectivity index (χ2v) is 9.06. The van der Waals surface area contributed by atoms with Gasteiger partial charge in [0, 0.05) is 15.6 Å². The molecular formula is C20H25ClN2OS. The standard InChI is InChI=1S/C20H25ClN2OS/c1-4-20(2,3)12-8-9-15-16(10-12)25-18(22)17(15)19(24)23-14-7-5-6-13(21)11-14/h5-7,11-12H,4,8-10,22H2,1-3H3,(H,23,24)/t12-/m1/s1. The third kappa shape index (κ3) is 3.70. The Labute approximate surface area is 158 Å². The predicted molar refractivity (Wildman–Crippen MR) is 108 cm³/mol. The van der Waals surface area contributed by atoms with E-state index in [1.807, 2.05) is 12.1 Å². The fraction of sp³-hybridized carbons (Fsp3) is 0.450. The molecule has 1 aliphatic rings. The van der Waals surface area contributed by atoms with Crippen molar-refractivity contribution in [2.45, 2.75) is 46.5 Å². The van der Waals surface area contributed by atoms with Crippen LogP contribution in [0.15, 0.2) is 24.3 Å². The number of carbonyl (C=O) groups is 1. The number of halogens is 1. The van der Waals surface area contributed by atoms with Crippen molar-refractivity contribution in [3.05, 3.63) is 45.3 Å². The summed E-state index contributed by atoms with van der Waals surface area (Å²) in [5, 5.41) is 4.16. The highest BCUT2D eigenvalue weighted by Gasteiger charge is 2.34. The third-order valence-corrected chi connectivity index (χ3v) is 6.94. The van der Waals surface area contributed by atoms with Gasteiger partial charge in [0.1, 0.15) is 0 Å². The summed E-state index contributed by atoms with van der Waals surface area (Å²) in [6, 6.07) is 7.18. The smallest absolute Gasteiger partial charge is 0.258 e. The molecule has 0 aliphatic heterocycles. The van der Waals surface area contributed by atoms with E-state index in [9.17, 15) is 4.79 Å².